The Labute approximate surface area is 186 Å². The van der Waals surface area contributed by atoms with E-state index in [-0.39, 0.29) is 10.5 Å². The minimum absolute atomic E-state index is 0.0170. The number of ether oxygens (including phenoxy) is 2. The molecule has 0 aromatic heterocycles. The van der Waals surface area contributed by atoms with Crippen LogP contribution in [0.5, 0.6) is 11.5 Å². The zero-order chi connectivity index (χ0) is 23.1. The number of anilines is 1. The van der Waals surface area contributed by atoms with E-state index in [1.165, 1.54) is 38.2 Å². The van der Waals surface area contributed by atoms with Gasteiger partial charge in [-0.15, -0.1) is 0 Å². The van der Waals surface area contributed by atoms with E-state index >= 15 is 0 Å². The summed E-state index contributed by atoms with van der Waals surface area (Å²) in [5.41, 5.74) is 0.517. The second-order valence-electron chi connectivity index (χ2n) is 6.71. The molecule has 0 unspecified atom stereocenters. The number of rotatable bonds is 8. The fraction of sp³-hybridized carbons (Fsp3) is 0.130. The Balaban J connectivity index is 1.59. The van der Waals surface area contributed by atoms with Crippen molar-refractivity contribution in [3.05, 3.63) is 84.4 Å². The molecule has 8 nitrogen and oxygen atoms in total. The summed E-state index contributed by atoms with van der Waals surface area (Å²) in [6.45, 7) is 1.42. The third-order valence-corrected chi connectivity index (χ3v) is 5.81. The van der Waals surface area contributed by atoms with E-state index in [1.807, 2.05) is 30.3 Å². The maximum Gasteiger partial charge on any atom is 0.338 e. The Bertz CT molecular complexity index is 1190. The van der Waals surface area contributed by atoms with E-state index in [2.05, 4.69) is 10.0 Å². The number of esters is 1. The van der Waals surface area contributed by atoms with Gasteiger partial charge in [-0.1, -0.05) is 24.3 Å². The lowest BCUT2D eigenvalue weighted by Crippen LogP contribution is -2.30. The van der Waals surface area contributed by atoms with Crippen molar-refractivity contribution in [3.8, 4) is 11.5 Å². The van der Waals surface area contributed by atoms with E-state index in [9.17, 15) is 18.0 Å². The van der Waals surface area contributed by atoms with Gasteiger partial charge in [0.2, 0.25) is 10.0 Å². The first-order valence-electron chi connectivity index (χ1n) is 9.67. The van der Waals surface area contributed by atoms with Crippen LogP contribution >= 0.6 is 0 Å². The summed E-state index contributed by atoms with van der Waals surface area (Å²) in [5, 5.41) is 2.66. The quantitative estimate of drug-likeness (QED) is 0.504. The molecule has 0 aliphatic carbocycles. The van der Waals surface area contributed by atoms with Crippen LogP contribution in [0.4, 0.5) is 5.69 Å². The molecule has 0 heterocycles. The van der Waals surface area contributed by atoms with E-state index in [1.54, 1.807) is 24.3 Å². The highest BCUT2D eigenvalue weighted by Gasteiger charge is 2.21. The van der Waals surface area contributed by atoms with Gasteiger partial charge in [0, 0.05) is 5.69 Å². The topological polar surface area (TPSA) is 111 Å². The highest BCUT2D eigenvalue weighted by Crippen LogP contribution is 2.23. The molecule has 0 bridgehead atoms. The average Bonchev–Trinajstić information content (AvgIpc) is 2.81. The molecular formula is C23H22N2O6S. The number of carbonyl (C=O) groups excluding carboxylic acids is 2. The number of nitrogens with one attached hydrogen (secondary N) is 2. The van der Waals surface area contributed by atoms with Crippen molar-refractivity contribution in [3.63, 3.8) is 0 Å². The highest BCUT2D eigenvalue weighted by molar-refractivity contribution is 7.89. The Morgan fingerprint density at radius 2 is 1.53 bits per heavy atom. The number of hydrogen-bond acceptors (Lipinski definition) is 6. The Hall–Kier alpha value is -3.69. The lowest BCUT2D eigenvalue weighted by Gasteiger charge is -2.14. The molecule has 1 amide bonds. The summed E-state index contributed by atoms with van der Waals surface area (Å²) in [6.07, 6.45) is -1.10. The minimum Gasteiger partial charge on any atom is -0.457 e. The number of sulfonamides is 1. The molecule has 0 fully saturated rings. The first-order valence-corrected chi connectivity index (χ1v) is 11.2. The molecule has 9 heteroatoms. The van der Waals surface area contributed by atoms with Crippen molar-refractivity contribution in [2.24, 2.45) is 0 Å². The molecule has 0 radical (unpaired) electrons. The first-order chi connectivity index (χ1) is 15.3. The smallest absolute Gasteiger partial charge is 0.338 e. The van der Waals surface area contributed by atoms with Gasteiger partial charge in [-0.3, -0.25) is 4.79 Å². The molecule has 2 N–H and O–H groups in total. The van der Waals surface area contributed by atoms with Crippen LogP contribution in [-0.2, 0) is 19.6 Å². The largest absolute Gasteiger partial charge is 0.457 e. The van der Waals surface area contributed by atoms with Gasteiger partial charge in [-0.2, -0.15) is 0 Å². The number of hydrogen-bond donors (Lipinski definition) is 2. The monoisotopic (exact) mass is 454 g/mol. The molecule has 0 aliphatic rings. The Morgan fingerprint density at radius 1 is 0.875 bits per heavy atom. The van der Waals surface area contributed by atoms with Crippen LogP contribution in [0.1, 0.15) is 17.3 Å². The molecule has 0 aliphatic heterocycles. The van der Waals surface area contributed by atoms with Crippen LogP contribution in [-0.4, -0.2) is 33.4 Å². The SMILES string of the molecule is CNS(=O)(=O)c1cccc(C(=O)O[C@H](C)C(=O)Nc2ccc(Oc3ccccc3)cc2)c1. The summed E-state index contributed by atoms with van der Waals surface area (Å²) in [5.74, 6) is -0.0528. The van der Waals surface area contributed by atoms with Gasteiger partial charge in [0.15, 0.2) is 6.10 Å². The predicted molar refractivity (Wildman–Crippen MR) is 119 cm³/mol. The third kappa shape index (κ3) is 5.93. The van der Waals surface area contributed by atoms with E-state index in [0.717, 1.165) is 0 Å². The minimum atomic E-state index is -3.71. The maximum atomic E-state index is 12.4. The number of carbonyl (C=O) groups is 2. The molecule has 166 valence electrons. The summed E-state index contributed by atoms with van der Waals surface area (Å²) < 4.78 is 36.9. The van der Waals surface area contributed by atoms with E-state index in [0.29, 0.717) is 17.2 Å². The van der Waals surface area contributed by atoms with Gasteiger partial charge in [0.1, 0.15) is 11.5 Å². The van der Waals surface area contributed by atoms with Crippen molar-refractivity contribution >= 4 is 27.6 Å². The van der Waals surface area contributed by atoms with Crippen molar-refractivity contribution in [1.82, 2.24) is 4.72 Å². The molecule has 0 spiro atoms. The molecule has 3 aromatic rings. The lowest BCUT2D eigenvalue weighted by molar-refractivity contribution is -0.123. The molecule has 3 aromatic carbocycles. The zero-order valence-electron chi connectivity index (χ0n) is 17.4. The van der Waals surface area contributed by atoms with Crippen LogP contribution in [0.2, 0.25) is 0 Å². The van der Waals surface area contributed by atoms with Crippen LogP contribution in [0.25, 0.3) is 0 Å². The van der Waals surface area contributed by atoms with Gasteiger partial charge in [0.05, 0.1) is 10.5 Å². The fourth-order valence-corrected chi connectivity index (χ4v) is 3.44. The summed E-state index contributed by atoms with van der Waals surface area (Å²) in [4.78, 5) is 24.7. The van der Waals surface area contributed by atoms with Crippen LogP contribution in [0, 0.1) is 0 Å². The molecule has 32 heavy (non-hydrogen) atoms. The average molecular weight is 455 g/mol. The van der Waals surface area contributed by atoms with Crippen molar-refractivity contribution in [2.45, 2.75) is 17.9 Å². The van der Waals surface area contributed by atoms with Crippen LogP contribution in [0.15, 0.2) is 83.8 Å². The van der Waals surface area contributed by atoms with Gasteiger partial charge < -0.3 is 14.8 Å². The molecule has 3 rings (SSSR count). The molecule has 0 saturated carbocycles. The van der Waals surface area contributed by atoms with Crippen LogP contribution in [0.3, 0.4) is 0 Å². The van der Waals surface area contributed by atoms with Crippen LogP contribution < -0.4 is 14.8 Å². The molecule has 1 atom stereocenters. The fourth-order valence-electron chi connectivity index (χ4n) is 2.67. The summed E-state index contributed by atoms with van der Waals surface area (Å²) in [7, 11) is -2.44. The number of amides is 1. The van der Waals surface area contributed by atoms with Gasteiger partial charge >= 0.3 is 5.97 Å². The standard InChI is InChI=1S/C23H22N2O6S/c1-16(30-23(27)17-7-6-10-21(15-17)32(28,29)24-2)22(26)25-18-11-13-20(14-12-18)31-19-8-4-3-5-9-19/h3-16,24H,1-2H3,(H,25,26)/t16-/m1/s1. The molecular weight excluding hydrogens is 432 g/mol. The maximum absolute atomic E-state index is 12.4. The Kier molecular flexibility index (Phi) is 7.24. The normalized spacial score (nSPS) is 11.9. The zero-order valence-corrected chi connectivity index (χ0v) is 18.3. The highest BCUT2D eigenvalue weighted by atomic mass is 32.2. The number of benzene rings is 3. The van der Waals surface area contributed by atoms with E-state index in [4.69, 9.17) is 9.47 Å². The van der Waals surface area contributed by atoms with Crippen molar-refractivity contribution in [2.75, 3.05) is 12.4 Å². The molecule has 0 saturated heterocycles. The number of para-hydroxylation sites is 1. The van der Waals surface area contributed by atoms with Gasteiger partial charge in [0.25, 0.3) is 5.91 Å². The van der Waals surface area contributed by atoms with Gasteiger partial charge in [-0.25, -0.2) is 17.9 Å². The summed E-state index contributed by atoms with van der Waals surface area (Å²) >= 11 is 0. The first kappa shape index (κ1) is 23.0. The lowest BCUT2D eigenvalue weighted by atomic mass is 10.2. The second kappa shape index (κ2) is 10.1. The third-order valence-electron chi connectivity index (χ3n) is 4.40. The van der Waals surface area contributed by atoms with Gasteiger partial charge in [-0.05, 0) is 68.6 Å². The second-order valence-corrected chi connectivity index (χ2v) is 8.60. The Morgan fingerprint density at radius 3 is 2.19 bits per heavy atom. The van der Waals surface area contributed by atoms with E-state index < -0.39 is 28.0 Å². The van der Waals surface area contributed by atoms with Crippen molar-refractivity contribution < 1.29 is 27.5 Å². The summed E-state index contributed by atoms with van der Waals surface area (Å²) in [6, 6.07) is 21.4. The predicted octanol–water partition coefficient (Wildman–Crippen LogP) is 3.57. The van der Waals surface area contributed by atoms with Crippen molar-refractivity contribution in [1.29, 1.82) is 0 Å².